The number of aryl methyl sites for hydroxylation is 1. The van der Waals surface area contributed by atoms with Crippen molar-refractivity contribution in [3.05, 3.63) is 35.4 Å². The van der Waals surface area contributed by atoms with E-state index in [-0.39, 0.29) is 6.10 Å². The molecular formula is C17H26O. The summed E-state index contributed by atoms with van der Waals surface area (Å²) in [5.74, 6) is 1.62. The fourth-order valence-corrected chi connectivity index (χ4v) is 3.45. The minimum atomic E-state index is -0.195. The van der Waals surface area contributed by atoms with Crippen LogP contribution in [-0.4, -0.2) is 11.2 Å². The summed E-state index contributed by atoms with van der Waals surface area (Å²) >= 11 is 0. The monoisotopic (exact) mass is 246 g/mol. The molecular weight excluding hydrogens is 220 g/mol. The lowest BCUT2D eigenvalue weighted by atomic mass is 9.74. The van der Waals surface area contributed by atoms with E-state index in [0.29, 0.717) is 17.8 Å². The first-order chi connectivity index (χ1) is 8.59. The molecule has 2 rings (SSSR count). The van der Waals surface area contributed by atoms with Gasteiger partial charge in [-0.1, -0.05) is 38.1 Å². The van der Waals surface area contributed by atoms with Gasteiger partial charge in [0.05, 0.1) is 6.10 Å². The van der Waals surface area contributed by atoms with Gasteiger partial charge in [-0.15, -0.1) is 0 Å². The van der Waals surface area contributed by atoms with E-state index in [0.717, 1.165) is 6.42 Å². The van der Waals surface area contributed by atoms with E-state index >= 15 is 0 Å². The summed E-state index contributed by atoms with van der Waals surface area (Å²) in [6.45, 7) is 6.40. The van der Waals surface area contributed by atoms with Crippen molar-refractivity contribution in [3.63, 3.8) is 0 Å². The van der Waals surface area contributed by atoms with Crippen LogP contribution in [0.3, 0.4) is 0 Å². The van der Waals surface area contributed by atoms with Crippen LogP contribution in [0.25, 0.3) is 0 Å². The van der Waals surface area contributed by atoms with Crippen LogP contribution in [0, 0.1) is 11.8 Å². The molecule has 1 aromatic rings. The van der Waals surface area contributed by atoms with Gasteiger partial charge < -0.3 is 5.11 Å². The van der Waals surface area contributed by atoms with Gasteiger partial charge in [0, 0.05) is 0 Å². The van der Waals surface area contributed by atoms with Gasteiger partial charge in [0.1, 0.15) is 0 Å². The highest BCUT2D eigenvalue weighted by molar-refractivity contribution is 5.32. The molecule has 0 radical (unpaired) electrons. The maximum absolute atomic E-state index is 9.96. The zero-order chi connectivity index (χ0) is 13.1. The molecule has 1 heteroatoms. The van der Waals surface area contributed by atoms with Crippen LogP contribution in [0.4, 0.5) is 0 Å². The third kappa shape index (κ3) is 2.95. The molecule has 1 aliphatic rings. The number of benzene rings is 1. The second kappa shape index (κ2) is 5.88. The van der Waals surface area contributed by atoms with Crippen LogP contribution in [0.1, 0.15) is 57.1 Å². The van der Waals surface area contributed by atoms with Gasteiger partial charge >= 0.3 is 0 Å². The topological polar surface area (TPSA) is 20.2 Å². The summed E-state index contributed by atoms with van der Waals surface area (Å²) in [6.07, 6.45) is 4.75. The quantitative estimate of drug-likeness (QED) is 0.846. The van der Waals surface area contributed by atoms with Gasteiger partial charge in [-0.05, 0) is 61.5 Å². The molecule has 0 bridgehead atoms. The summed E-state index contributed by atoms with van der Waals surface area (Å²) in [6, 6.07) is 8.87. The predicted octanol–water partition coefficient (Wildman–Crippen LogP) is 4.15. The molecule has 0 saturated carbocycles. The van der Waals surface area contributed by atoms with E-state index < -0.39 is 0 Å². The summed E-state index contributed by atoms with van der Waals surface area (Å²) in [7, 11) is 0. The third-order valence-corrected chi connectivity index (χ3v) is 4.53. The lowest BCUT2D eigenvalue weighted by Gasteiger charge is -2.32. The van der Waals surface area contributed by atoms with Crippen molar-refractivity contribution < 1.29 is 5.11 Å². The van der Waals surface area contributed by atoms with Crippen molar-refractivity contribution >= 4 is 0 Å². The highest BCUT2D eigenvalue weighted by atomic mass is 16.3. The Morgan fingerprint density at radius 2 is 1.94 bits per heavy atom. The summed E-state index contributed by atoms with van der Waals surface area (Å²) in [5.41, 5.74) is 3.07. The average molecular weight is 246 g/mol. The Hall–Kier alpha value is -0.820. The molecule has 0 fully saturated rings. The maximum Gasteiger partial charge on any atom is 0.0542 e. The van der Waals surface area contributed by atoms with Crippen LogP contribution in [0.2, 0.25) is 0 Å². The second-order valence-electron chi connectivity index (χ2n) is 6.17. The van der Waals surface area contributed by atoms with Crippen molar-refractivity contribution in [1.82, 2.24) is 0 Å². The standard InChI is InChI=1S/C17H26O/c1-12(2)17(13(3)18)11-15-9-6-8-14-7-4-5-10-16(14)15/h4-5,7,10,12-13,15,17-18H,6,8-9,11H2,1-3H3. The van der Waals surface area contributed by atoms with Crippen LogP contribution < -0.4 is 0 Å². The van der Waals surface area contributed by atoms with Crippen molar-refractivity contribution in [2.75, 3.05) is 0 Å². The lowest BCUT2D eigenvalue weighted by molar-refractivity contribution is 0.0854. The molecule has 0 spiro atoms. The number of aliphatic hydroxyl groups excluding tert-OH is 1. The Kier molecular flexibility index (Phi) is 4.45. The summed E-state index contributed by atoms with van der Waals surface area (Å²) < 4.78 is 0. The minimum Gasteiger partial charge on any atom is -0.393 e. The highest BCUT2D eigenvalue weighted by Crippen LogP contribution is 2.38. The van der Waals surface area contributed by atoms with Gasteiger partial charge in [-0.25, -0.2) is 0 Å². The van der Waals surface area contributed by atoms with Gasteiger partial charge in [0.2, 0.25) is 0 Å². The highest BCUT2D eigenvalue weighted by Gasteiger charge is 2.27. The second-order valence-corrected chi connectivity index (χ2v) is 6.17. The van der Waals surface area contributed by atoms with Crippen LogP contribution in [-0.2, 0) is 6.42 Å². The number of fused-ring (bicyclic) bond motifs is 1. The third-order valence-electron chi connectivity index (χ3n) is 4.53. The lowest BCUT2D eigenvalue weighted by Crippen LogP contribution is -2.25. The molecule has 3 unspecified atom stereocenters. The largest absolute Gasteiger partial charge is 0.393 e. The van der Waals surface area contributed by atoms with Crippen molar-refractivity contribution in [2.24, 2.45) is 11.8 Å². The number of aliphatic hydroxyl groups is 1. The summed E-state index contributed by atoms with van der Waals surface area (Å²) in [4.78, 5) is 0. The summed E-state index contributed by atoms with van der Waals surface area (Å²) in [5, 5.41) is 9.96. The number of rotatable bonds is 4. The van der Waals surface area contributed by atoms with Gasteiger partial charge in [0.25, 0.3) is 0 Å². The van der Waals surface area contributed by atoms with Crippen molar-refractivity contribution in [1.29, 1.82) is 0 Å². The Morgan fingerprint density at radius 3 is 2.61 bits per heavy atom. The SMILES string of the molecule is CC(C)C(CC1CCCc2ccccc21)C(C)O. The molecule has 3 atom stereocenters. The molecule has 1 N–H and O–H groups in total. The first kappa shape index (κ1) is 13.6. The van der Waals surface area contributed by atoms with E-state index in [4.69, 9.17) is 0 Å². The Balaban J connectivity index is 2.15. The van der Waals surface area contributed by atoms with Crippen molar-refractivity contribution in [3.8, 4) is 0 Å². The molecule has 18 heavy (non-hydrogen) atoms. The van der Waals surface area contributed by atoms with E-state index in [9.17, 15) is 5.11 Å². The van der Waals surface area contributed by atoms with Crippen molar-refractivity contribution in [2.45, 2.75) is 58.5 Å². The molecule has 0 aromatic heterocycles. The molecule has 1 aromatic carbocycles. The minimum absolute atomic E-state index is 0.195. The number of hydrogen-bond donors (Lipinski definition) is 1. The number of hydrogen-bond acceptors (Lipinski definition) is 1. The zero-order valence-corrected chi connectivity index (χ0v) is 11.9. The normalized spacial score (nSPS) is 22.6. The Labute approximate surface area is 111 Å². The van der Waals surface area contributed by atoms with E-state index in [2.05, 4.69) is 38.1 Å². The first-order valence-corrected chi connectivity index (χ1v) is 7.35. The smallest absolute Gasteiger partial charge is 0.0542 e. The first-order valence-electron chi connectivity index (χ1n) is 7.35. The molecule has 0 heterocycles. The molecule has 1 nitrogen and oxygen atoms in total. The fourth-order valence-electron chi connectivity index (χ4n) is 3.45. The molecule has 1 aliphatic carbocycles. The average Bonchev–Trinajstić information content (AvgIpc) is 2.35. The van der Waals surface area contributed by atoms with Crippen LogP contribution in [0.15, 0.2) is 24.3 Å². The molecule has 0 aliphatic heterocycles. The molecule has 0 amide bonds. The zero-order valence-electron chi connectivity index (χ0n) is 11.9. The van der Waals surface area contributed by atoms with Crippen LogP contribution in [0.5, 0.6) is 0 Å². The maximum atomic E-state index is 9.96. The van der Waals surface area contributed by atoms with E-state index in [1.54, 1.807) is 0 Å². The van der Waals surface area contributed by atoms with E-state index in [1.807, 2.05) is 6.92 Å². The van der Waals surface area contributed by atoms with Crippen LogP contribution >= 0.6 is 0 Å². The Morgan fingerprint density at radius 1 is 1.22 bits per heavy atom. The molecule has 100 valence electrons. The van der Waals surface area contributed by atoms with Gasteiger partial charge in [0.15, 0.2) is 0 Å². The predicted molar refractivity (Wildman–Crippen MR) is 76.7 cm³/mol. The van der Waals surface area contributed by atoms with E-state index in [1.165, 1.54) is 30.4 Å². The van der Waals surface area contributed by atoms with Gasteiger partial charge in [-0.3, -0.25) is 0 Å². The Bertz CT molecular complexity index is 373. The fraction of sp³-hybridized carbons (Fsp3) is 0.647. The van der Waals surface area contributed by atoms with Gasteiger partial charge in [-0.2, -0.15) is 0 Å². The molecule has 0 saturated heterocycles.